The van der Waals surface area contributed by atoms with Gasteiger partial charge in [0.2, 0.25) is 0 Å². The third-order valence-electron chi connectivity index (χ3n) is 4.35. The summed E-state index contributed by atoms with van der Waals surface area (Å²) in [7, 11) is 0. The van der Waals surface area contributed by atoms with Crippen molar-refractivity contribution in [3.8, 4) is 16.3 Å². The quantitative estimate of drug-likeness (QED) is 0.334. The van der Waals surface area contributed by atoms with E-state index in [0.29, 0.717) is 5.56 Å². The molecule has 0 saturated carbocycles. The van der Waals surface area contributed by atoms with E-state index in [9.17, 15) is 4.79 Å². The second-order valence-electron chi connectivity index (χ2n) is 6.69. The normalized spacial score (nSPS) is 11.5. The number of aromatic nitrogens is 4. The second-order valence-corrected chi connectivity index (χ2v) is 7.64. The van der Waals surface area contributed by atoms with Crippen LogP contribution in [0.25, 0.3) is 22.3 Å². The summed E-state index contributed by atoms with van der Waals surface area (Å²) in [4.78, 5) is 13.6. The van der Waals surface area contributed by atoms with E-state index in [1.807, 2.05) is 78.6 Å². The number of para-hydroxylation sites is 1. The van der Waals surface area contributed by atoms with Gasteiger partial charge in [-0.1, -0.05) is 24.3 Å². The lowest BCUT2D eigenvalue weighted by Gasteiger charge is -2.02. The highest BCUT2D eigenvalue weighted by atomic mass is 32.1. The van der Waals surface area contributed by atoms with E-state index in [1.54, 1.807) is 34.5 Å². The van der Waals surface area contributed by atoms with Gasteiger partial charge in [-0.25, -0.2) is 4.68 Å². The fourth-order valence-corrected chi connectivity index (χ4v) is 3.57. The topological polar surface area (TPSA) is 52.7 Å². The van der Waals surface area contributed by atoms with Crippen molar-refractivity contribution in [3.63, 3.8) is 0 Å². The Labute approximate surface area is 167 Å². The number of nitrogens with zero attached hydrogens (tertiary/aromatic N) is 4. The molecule has 3 heterocycles. The number of hydrogen-bond donors (Lipinski definition) is 0. The molecule has 0 aliphatic heterocycles. The van der Waals surface area contributed by atoms with Gasteiger partial charge in [0.15, 0.2) is 5.78 Å². The second kappa shape index (κ2) is 7.78. The van der Waals surface area contributed by atoms with Crippen LogP contribution in [0.1, 0.15) is 35.8 Å². The molecule has 0 saturated heterocycles. The molecule has 0 spiro atoms. The maximum Gasteiger partial charge on any atom is 0.189 e. The van der Waals surface area contributed by atoms with Crippen LogP contribution in [0.3, 0.4) is 0 Å². The number of benzene rings is 1. The lowest BCUT2D eigenvalue weighted by Crippen LogP contribution is -2.00. The van der Waals surface area contributed by atoms with Crippen LogP contribution in [0, 0.1) is 0 Å². The summed E-state index contributed by atoms with van der Waals surface area (Å²) < 4.78 is 3.63. The van der Waals surface area contributed by atoms with E-state index in [2.05, 4.69) is 5.10 Å². The van der Waals surface area contributed by atoms with Gasteiger partial charge >= 0.3 is 0 Å². The minimum atomic E-state index is -0.0727. The number of allylic oxidation sites excluding steroid dienone is 1. The molecule has 5 nitrogen and oxygen atoms in total. The molecule has 0 N–H and O–H groups in total. The van der Waals surface area contributed by atoms with Crippen LogP contribution in [-0.2, 0) is 0 Å². The first-order valence-corrected chi connectivity index (χ1v) is 9.95. The third kappa shape index (κ3) is 3.73. The smallest absolute Gasteiger partial charge is 0.189 e. The molecule has 1 aromatic carbocycles. The first kappa shape index (κ1) is 18.1. The highest BCUT2D eigenvalue weighted by Crippen LogP contribution is 2.28. The minimum absolute atomic E-state index is 0.0727. The van der Waals surface area contributed by atoms with Crippen molar-refractivity contribution < 1.29 is 4.79 Å². The highest BCUT2D eigenvalue weighted by molar-refractivity contribution is 7.13. The van der Waals surface area contributed by atoms with Gasteiger partial charge in [-0.2, -0.15) is 10.2 Å². The summed E-state index contributed by atoms with van der Waals surface area (Å²) in [6.45, 7) is 4.06. The van der Waals surface area contributed by atoms with Gasteiger partial charge in [0.05, 0.1) is 22.3 Å². The Morgan fingerprint density at radius 3 is 2.61 bits per heavy atom. The Bertz CT molecular complexity index is 1100. The Morgan fingerprint density at radius 1 is 1.11 bits per heavy atom. The molecule has 3 aromatic heterocycles. The van der Waals surface area contributed by atoms with Crippen LogP contribution in [0.2, 0.25) is 0 Å². The predicted molar refractivity (Wildman–Crippen MR) is 113 cm³/mol. The van der Waals surface area contributed by atoms with Crippen LogP contribution in [-0.4, -0.2) is 25.3 Å². The lowest BCUT2D eigenvalue weighted by molar-refractivity contribution is 0.104. The molecular weight excluding hydrogens is 368 g/mol. The molecule has 140 valence electrons. The zero-order chi connectivity index (χ0) is 19.5. The number of ketones is 1. The third-order valence-corrected chi connectivity index (χ3v) is 5.22. The van der Waals surface area contributed by atoms with E-state index >= 15 is 0 Å². The van der Waals surface area contributed by atoms with Crippen molar-refractivity contribution in [2.24, 2.45) is 0 Å². The Kier molecular flexibility index (Phi) is 5.04. The van der Waals surface area contributed by atoms with Gasteiger partial charge < -0.3 is 0 Å². The van der Waals surface area contributed by atoms with E-state index in [0.717, 1.165) is 21.8 Å². The first-order chi connectivity index (χ1) is 13.6. The molecule has 28 heavy (non-hydrogen) atoms. The van der Waals surface area contributed by atoms with Gasteiger partial charge in [0.25, 0.3) is 0 Å². The number of carbonyl (C=O) groups excluding carboxylic acids is 1. The first-order valence-electron chi connectivity index (χ1n) is 9.07. The molecule has 0 aliphatic carbocycles. The molecule has 4 aromatic rings. The summed E-state index contributed by atoms with van der Waals surface area (Å²) in [5, 5.41) is 11.0. The van der Waals surface area contributed by atoms with E-state index < -0.39 is 0 Å². The van der Waals surface area contributed by atoms with Crippen LogP contribution >= 0.6 is 11.3 Å². The molecule has 0 aliphatic rings. The molecule has 0 amide bonds. The molecule has 6 heteroatoms. The molecule has 0 atom stereocenters. The van der Waals surface area contributed by atoms with Crippen molar-refractivity contribution in [2.75, 3.05) is 0 Å². The molecule has 0 fully saturated rings. The fourth-order valence-electron chi connectivity index (χ4n) is 2.84. The lowest BCUT2D eigenvalue weighted by atomic mass is 10.1. The summed E-state index contributed by atoms with van der Waals surface area (Å²) in [5.41, 5.74) is 3.32. The van der Waals surface area contributed by atoms with Crippen molar-refractivity contribution in [1.82, 2.24) is 19.6 Å². The maximum atomic E-state index is 12.6. The molecular formula is C22H20N4OS. The van der Waals surface area contributed by atoms with Crippen LogP contribution in [0.4, 0.5) is 0 Å². The van der Waals surface area contributed by atoms with Crippen LogP contribution in [0.15, 0.2) is 72.5 Å². The predicted octanol–water partition coefficient (Wildman–Crippen LogP) is 5.27. The monoisotopic (exact) mass is 388 g/mol. The number of carbonyl (C=O) groups is 1. The van der Waals surface area contributed by atoms with Crippen molar-refractivity contribution in [1.29, 1.82) is 0 Å². The Morgan fingerprint density at radius 2 is 1.93 bits per heavy atom. The average Bonchev–Trinajstić information content (AvgIpc) is 3.47. The average molecular weight is 388 g/mol. The Balaban J connectivity index is 1.67. The van der Waals surface area contributed by atoms with E-state index in [4.69, 9.17) is 5.10 Å². The zero-order valence-electron chi connectivity index (χ0n) is 15.7. The molecule has 0 unspecified atom stereocenters. The van der Waals surface area contributed by atoms with Crippen LogP contribution < -0.4 is 0 Å². The van der Waals surface area contributed by atoms with E-state index in [-0.39, 0.29) is 11.8 Å². The standard InChI is InChI=1S/C22H20N4OS/c1-16(2)25-15-18(13-23-25)20(27)11-10-17-14-26(19-7-4-3-5-8-19)24-22(17)21-9-6-12-28-21/h3-16H,1-2H3/b11-10+. The largest absolute Gasteiger partial charge is 0.289 e. The maximum absolute atomic E-state index is 12.6. The number of thiophene rings is 1. The van der Waals surface area contributed by atoms with Crippen molar-refractivity contribution in [2.45, 2.75) is 19.9 Å². The Hall–Kier alpha value is -3.25. The summed E-state index contributed by atoms with van der Waals surface area (Å²) in [6.07, 6.45) is 8.76. The van der Waals surface area contributed by atoms with Gasteiger partial charge in [-0.3, -0.25) is 9.48 Å². The zero-order valence-corrected chi connectivity index (χ0v) is 16.5. The van der Waals surface area contributed by atoms with E-state index in [1.165, 1.54) is 0 Å². The SMILES string of the molecule is CC(C)n1cc(C(=O)/C=C/c2cn(-c3ccccc3)nc2-c2cccs2)cn1. The number of rotatable bonds is 6. The van der Waals surface area contributed by atoms with Gasteiger partial charge in [0.1, 0.15) is 5.69 Å². The van der Waals surface area contributed by atoms with Gasteiger partial charge in [-0.05, 0) is 49.6 Å². The van der Waals surface area contributed by atoms with Gasteiger partial charge in [0, 0.05) is 24.0 Å². The highest BCUT2D eigenvalue weighted by Gasteiger charge is 2.13. The summed E-state index contributed by atoms with van der Waals surface area (Å²) in [6, 6.07) is 14.2. The minimum Gasteiger partial charge on any atom is -0.289 e. The fraction of sp³-hybridized carbons (Fsp3) is 0.136. The van der Waals surface area contributed by atoms with Crippen LogP contribution in [0.5, 0.6) is 0 Å². The molecule has 0 radical (unpaired) electrons. The van der Waals surface area contributed by atoms with Crippen molar-refractivity contribution >= 4 is 23.2 Å². The summed E-state index contributed by atoms with van der Waals surface area (Å²) in [5.74, 6) is -0.0727. The van der Waals surface area contributed by atoms with Crippen molar-refractivity contribution in [3.05, 3.63) is 83.6 Å². The summed E-state index contributed by atoms with van der Waals surface area (Å²) >= 11 is 1.63. The number of hydrogen-bond acceptors (Lipinski definition) is 4. The molecule has 4 rings (SSSR count). The molecule has 0 bridgehead atoms. The van der Waals surface area contributed by atoms with Gasteiger partial charge in [-0.15, -0.1) is 11.3 Å².